The molecule has 12 nitrogen and oxygen atoms in total. The number of esters is 4. The number of carbonyl (C=O) groups is 6. The lowest BCUT2D eigenvalue weighted by Gasteiger charge is -2.15. The number of amides is 2. The highest BCUT2D eigenvalue weighted by Gasteiger charge is 2.23. The minimum atomic E-state index is -0.856. The van der Waals surface area contributed by atoms with Gasteiger partial charge in [-0.15, -0.1) is 0 Å². The molecule has 0 aliphatic rings. The van der Waals surface area contributed by atoms with E-state index in [2.05, 4.69) is 0 Å². The summed E-state index contributed by atoms with van der Waals surface area (Å²) in [7, 11) is 0. The topological polar surface area (TPSA) is 191 Å². The van der Waals surface area contributed by atoms with E-state index in [1.165, 1.54) is 38.1 Å². The minimum Gasteiger partial charge on any atom is -0.427 e. The van der Waals surface area contributed by atoms with E-state index < -0.39 is 35.7 Å². The van der Waals surface area contributed by atoms with E-state index in [1.54, 1.807) is 48.5 Å². The molecule has 0 aliphatic heterocycles. The molecule has 0 atom stereocenters. The Hall–Kier alpha value is -6.30. The fraction of sp³-hybridized carbons (Fsp3) is 0.118. The maximum absolute atomic E-state index is 12.4. The molecule has 0 radical (unpaired) electrons. The molecule has 0 heterocycles. The quantitative estimate of drug-likeness (QED) is 0.197. The largest absolute Gasteiger partial charge is 0.427 e. The summed E-state index contributed by atoms with van der Waals surface area (Å²) >= 11 is 0. The Kier molecular flexibility index (Phi) is 9.61. The highest BCUT2D eigenvalue weighted by molar-refractivity contribution is 6.05. The Labute approximate surface area is 262 Å². The van der Waals surface area contributed by atoms with Crippen LogP contribution >= 0.6 is 0 Å². The fourth-order valence-corrected chi connectivity index (χ4v) is 4.75. The molecule has 0 saturated heterocycles. The van der Waals surface area contributed by atoms with Crippen molar-refractivity contribution in [1.82, 2.24) is 0 Å². The van der Waals surface area contributed by atoms with Crippen LogP contribution < -0.4 is 30.4 Å². The highest BCUT2D eigenvalue weighted by Crippen LogP contribution is 2.38. The molecule has 0 fully saturated rings. The molecule has 2 amide bonds. The molecule has 12 heteroatoms. The number of primary amides is 2. The number of hydrogen-bond acceptors (Lipinski definition) is 10. The lowest BCUT2D eigenvalue weighted by molar-refractivity contribution is -0.133. The second-order valence-electron chi connectivity index (χ2n) is 9.95. The van der Waals surface area contributed by atoms with Gasteiger partial charge in [-0.05, 0) is 34.4 Å². The van der Waals surface area contributed by atoms with Crippen molar-refractivity contribution in [2.24, 2.45) is 11.5 Å². The zero-order valence-electron chi connectivity index (χ0n) is 25.2. The Bertz CT molecular complexity index is 1760. The number of hydrogen-bond donors (Lipinski definition) is 2. The SMILES string of the molecule is CC(=O)Oc1cc(OC(C)=O)c(C(N)=O)c(-c2ccc(-c3ccc(-c4cc(OC(C)=O)cc(OC(C)=O)c4C(N)=O)cc3)cc2)c1. The predicted molar refractivity (Wildman–Crippen MR) is 165 cm³/mol. The van der Waals surface area contributed by atoms with Crippen molar-refractivity contribution in [1.29, 1.82) is 0 Å². The van der Waals surface area contributed by atoms with Crippen LogP contribution in [0.3, 0.4) is 0 Å². The van der Waals surface area contributed by atoms with Gasteiger partial charge in [0.1, 0.15) is 23.0 Å². The van der Waals surface area contributed by atoms with Gasteiger partial charge in [0.25, 0.3) is 11.8 Å². The van der Waals surface area contributed by atoms with Gasteiger partial charge in [-0.25, -0.2) is 0 Å². The van der Waals surface area contributed by atoms with Gasteiger partial charge in [-0.1, -0.05) is 48.5 Å². The molecule has 0 spiro atoms. The van der Waals surface area contributed by atoms with Crippen molar-refractivity contribution in [3.8, 4) is 56.4 Å². The van der Waals surface area contributed by atoms with Crippen LogP contribution in [0.15, 0.2) is 72.8 Å². The standard InChI is InChI=1S/C34H28N2O10/c1-17(37)43-25-13-27(31(33(35)41)29(15-25)45-19(3)39)23-9-5-21(6-10-23)22-7-11-24(12-8-22)28-14-26(44-18(2)38)16-30(46-20(4)40)32(28)34(36)42/h5-16H,1-4H3,(H2,35,41)(H2,36,42). The third-order valence-electron chi connectivity index (χ3n) is 6.40. The molecule has 4 N–H and O–H groups in total. The number of benzene rings is 4. The molecule has 0 aromatic heterocycles. The van der Waals surface area contributed by atoms with E-state index in [0.29, 0.717) is 11.1 Å². The zero-order valence-corrected chi connectivity index (χ0v) is 25.2. The summed E-state index contributed by atoms with van der Waals surface area (Å²) < 4.78 is 20.8. The van der Waals surface area contributed by atoms with Crippen LogP contribution in [-0.2, 0) is 19.2 Å². The first kappa shape index (κ1) is 32.6. The van der Waals surface area contributed by atoms with Crippen molar-refractivity contribution in [2.75, 3.05) is 0 Å². The molecular weight excluding hydrogens is 596 g/mol. The summed E-state index contributed by atoms with van der Waals surface area (Å²) in [6.45, 7) is 4.73. The average molecular weight is 625 g/mol. The molecule has 0 bridgehead atoms. The summed E-state index contributed by atoms with van der Waals surface area (Å²) in [4.78, 5) is 71.5. The van der Waals surface area contributed by atoms with E-state index in [1.807, 2.05) is 0 Å². The van der Waals surface area contributed by atoms with Gasteiger partial charge in [-0.3, -0.25) is 28.8 Å². The van der Waals surface area contributed by atoms with E-state index in [9.17, 15) is 28.8 Å². The fourth-order valence-electron chi connectivity index (χ4n) is 4.75. The normalized spacial score (nSPS) is 10.4. The van der Waals surface area contributed by atoms with Crippen LogP contribution in [0.1, 0.15) is 48.4 Å². The van der Waals surface area contributed by atoms with E-state index in [4.69, 9.17) is 30.4 Å². The molecule has 4 aromatic carbocycles. The first-order valence-corrected chi connectivity index (χ1v) is 13.6. The highest BCUT2D eigenvalue weighted by atomic mass is 16.6. The Morgan fingerprint density at radius 2 is 0.717 bits per heavy atom. The van der Waals surface area contributed by atoms with Crippen LogP contribution in [0.25, 0.3) is 33.4 Å². The molecule has 46 heavy (non-hydrogen) atoms. The maximum atomic E-state index is 12.4. The first-order chi connectivity index (χ1) is 21.7. The smallest absolute Gasteiger partial charge is 0.308 e. The van der Waals surface area contributed by atoms with Gasteiger partial charge in [0.05, 0.1) is 11.1 Å². The summed E-state index contributed by atoms with van der Waals surface area (Å²) in [5.41, 5.74) is 14.3. The number of carbonyl (C=O) groups excluding carboxylic acids is 6. The third-order valence-corrected chi connectivity index (χ3v) is 6.40. The molecule has 0 saturated carbocycles. The van der Waals surface area contributed by atoms with Crippen molar-refractivity contribution < 1.29 is 47.7 Å². The lowest BCUT2D eigenvalue weighted by Crippen LogP contribution is -2.16. The maximum Gasteiger partial charge on any atom is 0.308 e. The second kappa shape index (κ2) is 13.6. The van der Waals surface area contributed by atoms with E-state index in [-0.39, 0.29) is 45.3 Å². The van der Waals surface area contributed by atoms with Crippen molar-refractivity contribution in [2.45, 2.75) is 27.7 Å². The predicted octanol–water partition coefficient (Wildman–Crippen LogP) is 4.59. The monoisotopic (exact) mass is 624 g/mol. The summed E-state index contributed by atoms with van der Waals surface area (Å²) in [6, 6.07) is 19.3. The van der Waals surface area contributed by atoms with Crippen LogP contribution in [-0.4, -0.2) is 35.7 Å². The third kappa shape index (κ3) is 7.61. The molecule has 4 aromatic rings. The Morgan fingerprint density at radius 1 is 0.435 bits per heavy atom. The van der Waals surface area contributed by atoms with Crippen molar-refractivity contribution >= 4 is 35.7 Å². The van der Waals surface area contributed by atoms with Crippen LogP contribution in [0.4, 0.5) is 0 Å². The molecule has 4 rings (SSSR count). The number of nitrogens with two attached hydrogens (primary N) is 2. The van der Waals surface area contributed by atoms with Crippen molar-refractivity contribution in [3.63, 3.8) is 0 Å². The van der Waals surface area contributed by atoms with Gasteiger partial charge >= 0.3 is 23.9 Å². The van der Waals surface area contributed by atoms with Crippen molar-refractivity contribution in [3.05, 3.63) is 83.9 Å². The molecule has 0 aliphatic carbocycles. The molecular formula is C34H28N2O10. The minimum absolute atomic E-state index is 0.0494. The molecule has 0 unspecified atom stereocenters. The van der Waals surface area contributed by atoms with E-state index >= 15 is 0 Å². The van der Waals surface area contributed by atoms with Crippen LogP contribution in [0, 0.1) is 0 Å². The van der Waals surface area contributed by atoms with Gasteiger partial charge in [0.15, 0.2) is 0 Å². The van der Waals surface area contributed by atoms with Crippen LogP contribution in [0.5, 0.6) is 23.0 Å². The zero-order chi connectivity index (χ0) is 33.7. The average Bonchev–Trinajstić information content (AvgIpc) is 2.95. The summed E-state index contributed by atoms with van der Waals surface area (Å²) in [6.07, 6.45) is 0. The Morgan fingerprint density at radius 3 is 0.978 bits per heavy atom. The lowest BCUT2D eigenvalue weighted by atomic mass is 9.94. The summed E-state index contributed by atoms with van der Waals surface area (Å²) in [5, 5.41) is 0. The summed E-state index contributed by atoms with van der Waals surface area (Å²) in [5.74, 6) is -4.55. The molecule has 234 valence electrons. The Balaban J connectivity index is 1.75. The van der Waals surface area contributed by atoms with Gasteiger partial charge in [0, 0.05) is 51.0 Å². The van der Waals surface area contributed by atoms with Gasteiger partial charge in [0.2, 0.25) is 0 Å². The van der Waals surface area contributed by atoms with Crippen LogP contribution in [0.2, 0.25) is 0 Å². The van der Waals surface area contributed by atoms with E-state index in [0.717, 1.165) is 25.0 Å². The number of ether oxygens (including phenoxy) is 4. The number of rotatable bonds is 9. The second-order valence-corrected chi connectivity index (χ2v) is 9.95. The first-order valence-electron chi connectivity index (χ1n) is 13.6. The van der Waals surface area contributed by atoms with Gasteiger partial charge < -0.3 is 30.4 Å². The van der Waals surface area contributed by atoms with Gasteiger partial charge in [-0.2, -0.15) is 0 Å².